The second-order valence-electron chi connectivity index (χ2n) is 5.34. The van der Waals surface area contributed by atoms with Crippen molar-refractivity contribution in [1.82, 2.24) is 10.2 Å². The molecule has 0 aromatic carbocycles. The fourth-order valence-electron chi connectivity index (χ4n) is 1.74. The quantitative estimate of drug-likeness (QED) is 0.751. The van der Waals surface area contributed by atoms with Crippen LogP contribution >= 0.6 is 11.8 Å². The van der Waals surface area contributed by atoms with Gasteiger partial charge in [0.2, 0.25) is 0 Å². The van der Waals surface area contributed by atoms with Crippen molar-refractivity contribution in [1.29, 1.82) is 0 Å². The van der Waals surface area contributed by atoms with Gasteiger partial charge < -0.3 is 14.8 Å². The Bertz CT molecular complexity index is 383. The number of urea groups is 1. The van der Waals surface area contributed by atoms with Crippen LogP contribution in [0.3, 0.4) is 0 Å². The number of amides is 2. The smallest absolute Gasteiger partial charge is 0.339 e. The van der Waals surface area contributed by atoms with Crippen molar-refractivity contribution in [3.8, 4) is 0 Å². The summed E-state index contributed by atoms with van der Waals surface area (Å²) in [5.41, 5.74) is -0.480. The lowest BCUT2D eigenvalue weighted by Gasteiger charge is -2.30. The Balaban J connectivity index is 2.98. The summed E-state index contributed by atoms with van der Waals surface area (Å²) in [6.45, 7) is 5.44. The monoisotopic (exact) mass is 304 g/mol. The molecular formula is C12H20N2O5S. The summed E-state index contributed by atoms with van der Waals surface area (Å²) in [5.74, 6) is -0.817. The largest absolute Gasteiger partial charge is 0.467 e. The van der Waals surface area contributed by atoms with Gasteiger partial charge in [-0.15, -0.1) is 11.8 Å². The maximum atomic E-state index is 12.3. The molecule has 114 valence electrons. The topological polar surface area (TPSA) is 84.9 Å². The zero-order valence-corrected chi connectivity index (χ0v) is 13.1. The van der Waals surface area contributed by atoms with Crippen LogP contribution in [0.5, 0.6) is 0 Å². The molecule has 8 heteroatoms. The third kappa shape index (κ3) is 3.78. The molecule has 2 amide bonds. The van der Waals surface area contributed by atoms with E-state index >= 15 is 0 Å². The van der Waals surface area contributed by atoms with Crippen LogP contribution in [0.1, 0.15) is 20.8 Å². The first kappa shape index (κ1) is 16.6. The van der Waals surface area contributed by atoms with E-state index in [1.807, 2.05) is 20.8 Å². The predicted octanol–water partition coefficient (Wildman–Crippen LogP) is 0.584. The molecule has 1 rings (SSSR count). The van der Waals surface area contributed by atoms with Gasteiger partial charge in [-0.3, -0.25) is 4.90 Å². The number of nitrogens with one attached hydrogen (secondary N) is 1. The summed E-state index contributed by atoms with van der Waals surface area (Å²) in [5, 5.41) is 1.90. The highest BCUT2D eigenvalue weighted by Gasteiger charge is 2.46. The summed E-state index contributed by atoms with van der Waals surface area (Å²) in [7, 11) is 2.49. The Kier molecular flexibility index (Phi) is 5.27. The van der Waals surface area contributed by atoms with E-state index in [-0.39, 0.29) is 0 Å². The number of carbonyl (C=O) groups is 3. The Morgan fingerprint density at radius 2 is 1.70 bits per heavy atom. The zero-order chi connectivity index (χ0) is 15.5. The van der Waals surface area contributed by atoms with Crippen molar-refractivity contribution in [2.75, 3.05) is 20.0 Å². The van der Waals surface area contributed by atoms with E-state index in [1.54, 1.807) is 0 Å². The van der Waals surface area contributed by atoms with Crippen LogP contribution in [0.15, 0.2) is 0 Å². The van der Waals surface area contributed by atoms with E-state index in [0.717, 1.165) is 0 Å². The van der Waals surface area contributed by atoms with Crippen molar-refractivity contribution < 1.29 is 23.9 Å². The molecule has 0 radical (unpaired) electrons. The van der Waals surface area contributed by atoms with Crippen LogP contribution < -0.4 is 5.32 Å². The van der Waals surface area contributed by atoms with E-state index in [0.29, 0.717) is 5.75 Å². The Hall–Kier alpha value is -1.44. The first-order valence-electron chi connectivity index (χ1n) is 6.09. The minimum absolute atomic E-state index is 0.296. The Labute approximate surface area is 122 Å². The van der Waals surface area contributed by atoms with Crippen LogP contribution in [0.25, 0.3) is 0 Å². The van der Waals surface area contributed by atoms with Crippen molar-refractivity contribution in [3.05, 3.63) is 0 Å². The highest BCUT2D eigenvalue weighted by molar-refractivity contribution is 8.00. The number of nitrogens with zero attached hydrogens (tertiary/aromatic N) is 1. The second-order valence-corrected chi connectivity index (χ2v) is 6.45. The summed E-state index contributed by atoms with van der Waals surface area (Å²) in [4.78, 5) is 37.0. The summed E-state index contributed by atoms with van der Waals surface area (Å²) in [6.07, 6.45) is 0. The van der Waals surface area contributed by atoms with Gasteiger partial charge in [0, 0.05) is 11.3 Å². The normalized spacial score (nSPS) is 22.4. The molecule has 1 heterocycles. The molecule has 0 aliphatic carbocycles. The molecule has 0 aromatic heterocycles. The van der Waals surface area contributed by atoms with E-state index in [9.17, 15) is 14.4 Å². The van der Waals surface area contributed by atoms with Gasteiger partial charge in [0.25, 0.3) is 0 Å². The molecule has 1 N–H and O–H groups in total. The zero-order valence-electron chi connectivity index (χ0n) is 12.3. The number of hydrogen-bond donors (Lipinski definition) is 1. The van der Waals surface area contributed by atoms with Gasteiger partial charge in [-0.2, -0.15) is 0 Å². The van der Waals surface area contributed by atoms with Gasteiger partial charge in [-0.25, -0.2) is 14.4 Å². The van der Waals surface area contributed by atoms with E-state index in [4.69, 9.17) is 0 Å². The lowest BCUT2D eigenvalue weighted by atomic mass is 10.1. The Morgan fingerprint density at radius 3 is 2.15 bits per heavy atom. The van der Waals surface area contributed by atoms with Crippen LogP contribution in [-0.2, 0) is 19.1 Å². The van der Waals surface area contributed by atoms with Gasteiger partial charge in [-0.05, 0) is 20.8 Å². The number of thioether (sulfide) groups is 1. The number of esters is 2. The molecule has 2 atom stereocenters. The molecule has 0 spiro atoms. The minimum atomic E-state index is -0.841. The number of ether oxygens (including phenoxy) is 2. The van der Waals surface area contributed by atoms with Crippen molar-refractivity contribution in [2.24, 2.45) is 0 Å². The molecule has 2 unspecified atom stereocenters. The molecule has 1 aliphatic rings. The number of methoxy groups -OCH3 is 2. The van der Waals surface area contributed by atoms with Gasteiger partial charge in [0.1, 0.15) is 6.04 Å². The molecule has 0 aromatic rings. The van der Waals surface area contributed by atoms with Gasteiger partial charge in [-0.1, -0.05) is 0 Å². The average Bonchev–Trinajstić information content (AvgIpc) is 2.79. The first-order chi connectivity index (χ1) is 9.21. The van der Waals surface area contributed by atoms with Crippen LogP contribution in [0, 0.1) is 0 Å². The van der Waals surface area contributed by atoms with E-state index in [1.165, 1.54) is 30.9 Å². The van der Waals surface area contributed by atoms with E-state index in [2.05, 4.69) is 14.8 Å². The van der Waals surface area contributed by atoms with Crippen LogP contribution in [-0.4, -0.2) is 59.8 Å². The number of carbonyl (C=O) groups excluding carboxylic acids is 3. The van der Waals surface area contributed by atoms with Crippen molar-refractivity contribution >= 4 is 29.7 Å². The maximum absolute atomic E-state index is 12.3. The highest BCUT2D eigenvalue weighted by atomic mass is 32.2. The molecule has 20 heavy (non-hydrogen) atoms. The van der Waals surface area contributed by atoms with Crippen molar-refractivity contribution in [3.63, 3.8) is 0 Å². The lowest BCUT2D eigenvalue weighted by Crippen LogP contribution is -2.56. The highest BCUT2D eigenvalue weighted by Crippen LogP contribution is 2.31. The van der Waals surface area contributed by atoms with Crippen molar-refractivity contribution in [2.45, 2.75) is 37.7 Å². The fourth-order valence-corrected chi connectivity index (χ4v) is 3.04. The summed E-state index contributed by atoms with van der Waals surface area (Å²) < 4.78 is 9.35. The average molecular weight is 304 g/mol. The Morgan fingerprint density at radius 1 is 1.15 bits per heavy atom. The van der Waals surface area contributed by atoms with Crippen LogP contribution in [0.2, 0.25) is 0 Å². The van der Waals surface area contributed by atoms with Gasteiger partial charge in [0.15, 0.2) is 5.37 Å². The predicted molar refractivity (Wildman–Crippen MR) is 74.2 cm³/mol. The summed E-state index contributed by atoms with van der Waals surface area (Å²) >= 11 is 1.18. The molecular weight excluding hydrogens is 284 g/mol. The third-order valence-electron chi connectivity index (χ3n) is 2.59. The van der Waals surface area contributed by atoms with Gasteiger partial charge >= 0.3 is 18.0 Å². The van der Waals surface area contributed by atoms with E-state index < -0.39 is 34.9 Å². The number of rotatable bonds is 2. The maximum Gasteiger partial charge on any atom is 0.339 e. The molecule has 0 saturated carbocycles. The summed E-state index contributed by atoms with van der Waals surface area (Å²) in [6, 6.07) is -1.29. The van der Waals surface area contributed by atoms with Gasteiger partial charge in [0.05, 0.1) is 14.2 Å². The second kappa shape index (κ2) is 6.34. The molecule has 1 saturated heterocycles. The minimum Gasteiger partial charge on any atom is -0.467 e. The SMILES string of the molecule is COC(=O)C1CSC(C(=O)OC)N1C(=O)NC(C)(C)C. The lowest BCUT2D eigenvalue weighted by molar-refractivity contribution is -0.147. The molecule has 1 fully saturated rings. The first-order valence-corrected chi connectivity index (χ1v) is 7.14. The fraction of sp³-hybridized carbons (Fsp3) is 0.750. The standard InChI is InChI=1S/C12H20N2O5S/c1-12(2,3)13-11(17)14-7(9(15)18-4)6-20-8(14)10(16)19-5/h7-8H,6H2,1-5H3,(H,13,17). The molecule has 0 bridgehead atoms. The third-order valence-corrected chi connectivity index (χ3v) is 3.84. The molecule has 7 nitrogen and oxygen atoms in total. The van der Waals surface area contributed by atoms with Crippen LogP contribution in [0.4, 0.5) is 4.79 Å². The number of hydrogen-bond acceptors (Lipinski definition) is 6. The molecule has 1 aliphatic heterocycles.